The lowest BCUT2D eigenvalue weighted by molar-refractivity contribution is 0.0652. The molecule has 1 fully saturated rings. The Morgan fingerprint density at radius 1 is 1.69 bits per heavy atom. The topological polar surface area (TPSA) is 20.2 Å². The molecule has 1 saturated heterocycles. The Hall–Kier alpha value is 0.300. The highest BCUT2D eigenvalue weighted by molar-refractivity contribution is 8.00. The molecule has 1 N–H and O–H groups in total. The van der Waals surface area contributed by atoms with Gasteiger partial charge in [0.1, 0.15) is 5.60 Å². The summed E-state index contributed by atoms with van der Waals surface area (Å²) in [6.07, 6.45) is 0.817. The highest BCUT2D eigenvalue weighted by Gasteiger charge is 2.39. The largest absolute Gasteiger partial charge is 0.383 e. The van der Waals surface area contributed by atoms with Gasteiger partial charge in [0.15, 0.2) is 0 Å². The third-order valence-electron chi connectivity index (χ3n) is 2.27. The summed E-state index contributed by atoms with van der Waals surface area (Å²) in [5, 5.41) is 13.5. The van der Waals surface area contributed by atoms with Crippen LogP contribution in [0.5, 0.6) is 0 Å². The van der Waals surface area contributed by atoms with Gasteiger partial charge in [-0.1, -0.05) is 18.5 Å². The third-order valence-corrected chi connectivity index (χ3v) is 5.19. The van der Waals surface area contributed by atoms with Crippen LogP contribution in [0, 0.1) is 0 Å². The van der Waals surface area contributed by atoms with Gasteiger partial charge in [-0.15, -0.1) is 11.3 Å². The zero-order chi connectivity index (χ0) is 9.47. The molecule has 0 aromatic carbocycles. The molecule has 13 heavy (non-hydrogen) atoms. The maximum atomic E-state index is 10.3. The molecule has 1 aliphatic rings. The number of thiophene rings is 1. The fourth-order valence-corrected chi connectivity index (χ4v) is 4.31. The van der Waals surface area contributed by atoms with Crippen molar-refractivity contribution in [3.8, 4) is 0 Å². The van der Waals surface area contributed by atoms with E-state index in [2.05, 4.69) is 6.92 Å². The Bertz CT molecular complexity index is 312. The average Bonchev–Trinajstić information content (AvgIpc) is 2.59. The molecule has 1 nitrogen and oxygen atoms in total. The zero-order valence-electron chi connectivity index (χ0n) is 7.29. The summed E-state index contributed by atoms with van der Waals surface area (Å²) < 4.78 is 0. The normalized spacial score (nSPS) is 33.9. The molecule has 2 unspecified atom stereocenters. The van der Waals surface area contributed by atoms with Crippen molar-refractivity contribution in [1.82, 2.24) is 0 Å². The van der Waals surface area contributed by atoms with Gasteiger partial charge in [-0.05, 0) is 17.9 Å². The van der Waals surface area contributed by atoms with Crippen LogP contribution in [0.2, 0.25) is 5.02 Å². The molecular weight excluding hydrogens is 224 g/mol. The van der Waals surface area contributed by atoms with Crippen LogP contribution in [0.1, 0.15) is 18.2 Å². The Balaban J connectivity index is 2.30. The van der Waals surface area contributed by atoms with Crippen LogP contribution < -0.4 is 0 Å². The van der Waals surface area contributed by atoms with Crippen LogP contribution in [-0.4, -0.2) is 16.1 Å². The molecule has 0 bridgehead atoms. The maximum Gasteiger partial charge on any atom is 0.110 e. The minimum Gasteiger partial charge on any atom is -0.383 e. The van der Waals surface area contributed by atoms with E-state index < -0.39 is 5.60 Å². The van der Waals surface area contributed by atoms with Crippen LogP contribution in [0.15, 0.2) is 11.4 Å². The molecule has 72 valence electrons. The van der Waals surface area contributed by atoms with Gasteiger partial charge >= 0.3 is 0 Å². The van der Waals surface area contributed by atoms with Crippen LogP contribution in [0.3, 0.4) is 0 Å². The molecule has 1 aliphatic heterocycles. The minimum absolute atomic E-state index is 0.531. The lowest BCUT2D eigenvalue weighted by Crippen LogP contribution is -2.24. The van der Waals surface area contributed by atoms with Crippen molar-refractivity contribution in [2.45, 2.75) is 24.2 Å². The van der Waals surface area contributed by atoms with Crippen LogP contribution in [-0.2, 0) is 5.60 Å². The van der Waals surface area contributed by atoms with Gasteiger partial charge in [-0.3, -0.25) is 0 Å². The second-order valence-corrected chi connectivity index (χ2v) is 6.21. The fourth-order valence-electron chi connectivity index (χ4n) is 1.66. The van der Waals surface area contributed by atoms with Crippen molar-refractivity contribution in [3.05, 3.63) is 21.3 Å². The maximum absolute atomic E-state index is 10.3. The molecule has 2 rings (SSSR count). The number of halogens is 1. The highest BCUT2D eigenvalue weighted by Crippen LogP contribution is 2.45. The Labute approximate surface area is 91.1 Å². The molecule has 0 radical (unpaired) electrons. The highest BCUT2D eigenvalue weighted by atomic mass is 35.5. The molecule has 2 heterocycles. The number of rotatable bonds is 1. The number of aliphatic hydroxyl groups is 1. The van der Waals surface area contributed by atoms with Crippen molar-refractivity contribution in [2.24, 2.45) is 0 Å². The average molecular weight is 235 g/mol. The van der Waals surface area contributed by atoms with Crippen molar-refractivity contribution >= 4 is 34.7 Å². The van der Waals surface area contributed by atoms with E-state index in [4.69, 9.17) is 11.6 Å². The summed E-state index contributed by atoms with van der Waals surface area (Å²) in [4.78, 5) is 0.936. The van der Waals surface area contributed by atoms with E-state index in [1.807, 2.05) is 23.2 Å². The number of hydrogen-bond donors (Lipinski definition) is 1. The van der Waals surface area contributed by atoms with E-state index in [0.29, 0.717) is 10.3 Å². The van der Waals surface area contributed by atoms with Crippen molar-refractivity contribution in [3.63, 3.8) is 0 Å². The summed E-state index contributed by atoms with van der Waals surface area (Å²) in [5.74, 6) is 0.772. The van der Waals surface area contributed by atoms with Crippen molar-refractivity contribution in [2.75, 3.05) is 5.75 Å². The molecule has 0 spiro atoms. The SMILES string of the molecule is CC1CC(O)(c2sccc2Cl)CS1. The number of hydrogen-bond acceptors (Lipinski definition) is 3. The predicted octanol–water partition coefficient (Wildman–Crippen LogP) is 3.11. The van der Waals surface area contributed by atoms with Gasteiger partial charge in [0.25, 0.3) is 0 Å². The molecule has 1 aromatic heterocycles. The standard InChI is InChI=1S/C9H11ClOS2/c1-6-4-9(11,5-13-6)8-7(10)2-3-12-8/h2-3,6,11H,4-5H2,1H3. The predicted molar refractivity (Wildman–Crippen MR) is 59.8 cm³/mol. The molecule has 0 aliphatic carbocycles. The van der Waals surface area contributed by atoms with E-state index in [9.17, 15) is 5.11 Å². The molecule has 4 heteroatoms. The Kier molecular flexibility index (Phi) is 2.62. The summed E-state index contributed by atoms with van der Waals surface area (Å²) in [5.41, 5.74) is -0.671. The first-order valence-electron chi connectivity index (χ1n) is 4.19. The third kappa shape index (κ3) is 1.75. The zero-order valence-corrected chi connectivity index (χ0v) is 9.68. The van der Waals surface area contributed by atoms with Gasteiger partial charge in [0, 0.05) is 11.0 Å². The summed E-state index contributed by atoms with van der Waals surface area (Å²) in [6.45, 7) is 2.14. The van der Waals surface area contributed by atoms with Gasteiger partial charge < -0.3 is 5.11 Å². The van der Waals surface area contributed by atoms with Gasteiger partial charge in [0.2, 0.25) is 0 Å². The first-order valence-corrected chi connectivity index (χ1v) is 6.50. The second-order valence-electron chi connectivity index (χ2n) is 3.45. The van der Waals surface area contributed by atoms with Crippen LogP contribution >= 0.6 is 34.7 Å². The molecule has 2 atom stereocenters. The van der Waals surface area contributed by atoms with Gasteiger partial charge in [-0.25, -0.2) is 0 Å². The van der Waals surface area contributed by atoms with Crippen molar-refractivity contribution in [1.29, 1.82) is 0 Å². The van der Waals surface area contributed by atoms with E-state index in [1.54, 1.807) is 11.3 Å². The van der Waals surface area contributed by atoms with E-state index in [-0.39, 0.29) is 0 Å². The van der Waals surface area contributed by atoms with Crippen LogP contribution in [0.25, 0.3) is 0 Å². The first-order chi connectivity index (χ1) is 6.12. The molecule has 0 amide bonds. The first kappa shape index (κ1) is 9.84. The number of thioether (sulfide) groups is 1. The lowest BCUT2D eigenvalue weighted by Gasteiger charge is -2.20. The van der Waals surface area contributed by atoms with Gasteiger partial charge in [0.05, 0.1) is 9.90 Å². The quantitative estimate of drug-likeness (QED) is 0.806. The summed E-state index contributed by atoms with van der Waals surface area (Å²) in [7, 11) is 0. The van der Waals surface area contributed by atoms with E-state index in [0.717, 1.165) is 17.1 Å². The smallest absolute Gasteiger partial charge is 0.110 e. The van der Waals surface area contributed by atoms with E-state index >= 15 is 0 Å². The Morgan fingerprint density at radius 2 is 2.46 bits per heavy atom. The second kappa shape index (κ2) is 3.46. The van der Waals surface area contributed by atoms with Crippen LogP contribution in [0.4, 0.5) is 0 Å². The van der Waals surface area contributed by atoms with E-state index in [1.165, 1.54) is 0 Å². The summed E-state index contributed by atoms with van der Waals surface area (Å²) >= 11 is 9.36. The molecular formula is C9H11ClOS2. The lowest BCUT2D eigenvalue weighted by atomic mass is 9.99. The molecule has 0 saturated carbocycles. The van der Waals surface area contributed by atoms with Gasteiger partial charge in [-0.2, -0.15) is 11.8 Å². The molecule has 1 aromatic rings. The monoisotopic (exact) mass is 234 g/mol. The minimum atomic E-state index is -0.671. The summed E-state index contributed by atoms with van der Waals surface area (Å²) in [6, 6.07) is 1.85. The van der Waals surface area contributed by atoms with Crippen molar-refractivity contribution < 1.29 is 5.11 Å². The Morgan fingerprint density at radius 3 is 2.92 bits per heavy atom. The fraction of sp³-hybridized carbons (Fsp3) is 0.556.